The molecule has 0 aliphatic rings. The molecule has 5 heteroatoms. The minimum atomic E-state index is -0.662. The van der Waals surface area contributed by atoms with E-state index in [2.05, 4.69) is 5.32 Å². The monoisotopic (exact) mass is 283 g/mol. The van der Waals surface area contributed by atoms with Crippen molar-refractivity contribution in [2.75, 3.05) is 20.8 Å². The van der Waals surface area contributed by atoms with Crippen LogP contribution < -0.4 is 10.1 Å². The second kappa shape index (κ2) is 7.85. The number of ether oxygens (including phenoxy) is 2. The normalized spacial score (nSPS) is 13.6. The van der Waals surface area contributed by atoms with Crippen LogP contribution in [0.5, 0.6) is 5.75 Å². The summed E-state index contributed by atoms with van der Waals surface area (Å²) in [7, 11) is 3.13. The molecule has 1 atom stereocenters. The summed E-state index contributed by atoms with van der Waals surface area (Å²) in [4.78, 5) is 11.6. The van der Waals surface area contributed by atoms with E-state index < -0.39 is 5.54 Å². The number of esters is 1. The molecule has 0 bridgehead atoms. The van der Waals surface area contributed by atoms with Crippen LogP contribution in [-0.2, 0) is 9.53 Å². The van der Waals surface area contributed by atoms with Gasteiger partial charge in [0.15, 0.2) is 0 Å². The highest BCUT2D eigenvalue weighted by Crippen LogP contribution is 2.16. The molecule has 1 aromatic carbocycles. The molecule has 4 nitrogen and oxygen atoms in total. The molecule has 20 heavy (non-hydrogen) atoms. The van der Waals surface area contributed by atoms with Crippen LogP contribution in [0, 0.1) is 5.82 Å². The lowest BCUT2D eigenvalue weighted by atomic mass is 9.95. The van der Waals surface area contributed by atoms with Crippen LogP contribution in [0.15, 0.2) is 24.3 Å². The first kappa shape index (κ1) is 16.4. The first-order valence-corrected chi connectivity index (χ1v) is 6.67. The van der Waals surface area contributed by atoms with E-state index in [4.69, 9.17) is 9.47 Å². The summed E-state index contributed by atoms with van der Waals surface area (Å²) in [6.07, 6.45) is 2.31. The van der Waals surface area contributed by atoms with Gasteiger partial charge in [0.1, 0.15) is 17.1 Å². The van der Waals surface area contributed by atoms with Gasteiger partial charge in [-0.25, -0.2) is 4.39 Å². The molecule has 1 aromatic rings. The molecule has 0 aliphatic heterocycles. The molecule has 1 rings (SSSR count). The van der Waals surface area contributed by atoms with Gasteiger partial charge in [-0.1, -0.05) is 0 Å². The molecule has 0 amide bonds. The van der Waals surface area contributed by atoms with E-state index in [0.29, 0.717) is 18.8 Å². The molecule has 0 radical (unpaired) electrons. The Balaban J connectivity index is 2.27. The zero-order valence-corrected chi connectivity index (χ0v) is 12.2. The Morgan fingerprint density at radius 3 is 2.50 bits per heavy atom. The van der Waals surface area contributed by atoms with Crippen LogP contribution in [0.4, 0.5) is 4.39 Å². The maximum atomic E-state index is 12.7. The molecule has 1 unspecified atom stereocenters. The van der Waals surface area contributed by atoms with Crippen molar-refractivity contribution in [3.05, 3.63) is 30.1 Å². The zero-order valence-electron chi connectivity index (χ0n) is 12.2. The van der Waals surface area contributed by atoms with Crippen molar-refractivity contribution in [2.45, 2.75) is 31.7 Å². The van der Waals surface area contributed by atoms with Crippen molar-refractivity contribution < 1.29 is 18.7 Å². The third-order valence-electron chi connectivity index (χ3n) is 3.34. The van der Waals surface area contributed by atoms with Gasteiger partial charge in [0.05, 0.1) is 13.7 Å². The zero-order chi connectivity index (χ0) is 15.0. The molecule has 0 aromatic heterocycles. The van der Waals surface area contributed by atoms with E-state index in [1.165, 1.54) is 19.2 Å². The smallest absolute Gasteiger partial charge is 0.325 e. The summed E-state index contributed by atoms with van der Waals surface area (Å²) in [6.45, 7) is 2.35. The fourth-order valence-corrected chi connectivity index (χ4v) is 1.86. The predicted octanol–water partition coefficient (Wildman–Crippen LogP) is 2.53. The molecule has 0 aliphatic carbocycles. The van der Waals surface area contributed by atoms with Crippen molar-refractivity contribution in [3.63, 3.8) is 0 Å². The fourth-order valence-electron chi connectivity index (χ4n) is 1.86. The number of methoxy groups -OCH3 is 1. The second-order valence-corrected chi connectivity index (χ2v) is 4.83. The Morgan fingerprint density at radius 2 is 1.95 bits per heavy atom. The Kier molecular flexibility index (Phi) is 6.45. The van der Waals surface area contributed by atoms with Gasteiger partial charge in [-0.15, -0.1) is 0 Å². The lowest BCUT2D eigenvalue weighted by Gasteiger charge is -2.25. The average Bonchev–Trinajstić information content (AvgIpc) is 2.47. The van der Waals surface area contributed by atoms with E-state index in [0.717, 1.165) is 12.8 Å². The van der Waals surface area contributed by atoms with E-state index in [1.54, 1.807) is 19.2 Å². The molecule has 0 saturated heterocycles. The van der Waals surface area contributed by atoms with E-state index in [9.17, 15) is 9.18 Å². The number of hydrogen-bond donors (Lipinski definition) is 1. The van der Waals surface area contributed by atoms with Gasteiger partial charge in [0.2, 0.25) is 0 Å². The maximum Gasteiger partial charge on any atom is 0.325 e. The van der Waals surface area contributed by atoms with Crippen LogP contribution in [0.1, 0.15) is 26.2 Å². The number of halogens is 1. The number of carbonyl (C=O) groups excluding carboxylic acids is 1. The van der Waals surface area contributed by atoms with E-state index in [-0.39, 0.29) is 11.8 Å². The molecule has 1 N–H and O–H groups in total. The summed E-state index contributed by atoms with van der Waals surface area (Å²) in [5, 5.41) is 2.99. The van der Waals surface area contributed by atoms with Gasteiger partial charge in [0, 0.05) is 0 Å². The highest BCUT2D eigenvalue weighted by molar-refractivity contribution is 5.80. The number of carbonyl (C=O) groups is 1. The summed E-state index contributed by atoms with van der Waals surface area (Å²) in [5.74, 6) is 0.107. The number of benzene rings is 1. The standard InChI is InChI=1S/C15H22FNO3/c1-15(17-2,14(18)19-3)10-4-5-11-20-13-8-6-12(16)7-9-13/h6-9,17H,4-5,10-11H2,1-3H3. The Morgan fingerprint density at radius 1 is 1.30 bits per heavy atom. The van der Waals surface area contributed by atoms with Gasteiger partial charge in [0.25, 0.3) is 0 Å². The number of hydrogen-bond acceptors (Lipinski definition) is 4. The minimum Gasteiger partial charge on any atom is -0.494 e. The van der Waals surface area contributed by atoms with Crippen LogP contribution in [-0.4, -0.2) is 32.3 Å². The Hall–Kier alpha value is -1.62. The summed E-state index contributed by atoms with van der Waals surface area (Å²) in [5.41, 5.74) is -0.662. The van der Waals surface area contributed by atoms with Gasteiger partial charge in [-0.3, -0.25) is 4.79 Å². The van der Waals surface area contributed by atoms with E-state index in [1.807, 2.05) is 6.92 Å². The van der Waals surface area contributed by atoms with Crippen molar-refractivity contribution in [2.24, 2.45) is 0 Å². The van der Waals surface area contributed by atoms with Crippen LogP contribution >= 0.6 is 0 Å². The van der Waals surface area contributed by atoms with Gasteiger partial charge in [-0.2, -0.15) is 0 Å². The van der Waals surface area contributed by atoms with Crippen LogP contribution in [0.3, 0.4) is 0 Å². The molecule has 0 fully saturated rings. The third-order valence-corrected chi connectivity index (χ3v) is 3.34. The van der Waals surface area contributed by atoms with Crippen LogP contribution in [0.2, 0.25) is 0 Å². The quantitative estimate of drug-likeness (QED) is 0.588. The highest BCUT2D eigenvalue weighted by atomic mass is 19.1. The Labute approximate surface area is 119 Å². The lowest BCUT2D eigenvalue weighted by Crippen LogP contribution is -2.48. The molecule has 112 valence electrons. The van der Waals surface area contributed by atoms with Crippen molar-refractivity contribution in [3.8, 4) is 5.75 Å². The van der Waals surface area contributed by atoms with Gasteiger partial charge in [-0.05, 0) is 57.5 Å². The lowest BCUT2D eigenvalue weighted by molar-refractivity contribution is -0.148. The Bertz CT molecular complexity index is 422. The second-order valence-electron chi connectivity index (χ2n) is 4.83. The summed E-state index contributed by atoms with van der Waals surface area (Å²) in [6, 6.07) is 5.93. The van der Waals surface area contributed by atoms with E-state index >= 15 is 0 Å². The number of likely N-dealkylation sites (N-methyl/N-ethyl adjacent to an activating group) is 1. The molecule has 0 saturated carbocycles. The minimum absolute atomic E-state index is 0.264. The molecule has 0 spiro atoms. The topological polar surface area (TPSA) is 47.6 Å². The maximum absolute atomic E-state index is 12.7. The van der Waals surface area contributed by atoms with Crippen molar-refractivity contribution >= 4 is 5.97 Å². The third kappa shape index (κ3) is 4.81. The van der Waals surface area contributed by atoms with Crippen LogP contribution in [0.25, 0.3) is 0 Å². The number of unbranched alkanes of at least 4 members (excludes halogenated alkanes) is 1. The van der Waals surface area contributed by atoms with Crippen molar-refractivity contribution in [1.82, 2.24) is 5.32 Å². The SMILES string of the molecule is CNC(C)(CCCCOc1ccc(F)cc1)C(=O)OC. The first-order chi connectivity index (χ1) is 9.51. The van der Waals surface area contributed by atoms with Gasteiger partial charge >= 0.3 is 5.97 Å². The molecular formula is C15H22FNO3. The fraction of sp³-hybridized carbons (Fsp3) is 0.533. The average molecular weight is 283 g/mol. The highest BCUT2D eigenvalue weighted by Gasteiger charge is 2.31. The first-order valence-electron chi connectivity index (χ1n) is 6.67. The molecule has 0 heterocycles. The predicted molar refractivity (Wildman–Crippen MR) is 75.2 cm³/mol. The van der Waals surface area contributed by atoms with Crippen molar-refractivity contribution in [1.29, 1.82) is 0 Å². The summed E-state index contributed by atoms with van der Waals surface area (Å²) >= 11 is 0. The van der Waals surface area contributed by atoms with Gasteiger partial charge < -0.3 is 14.8 Å². The number of rotatable bonds is 8. The number of nitrogens with one attached hydrogen (secondary N) is 1. The largest absolute Gasteiger partial charge is 0.494 e. The molecular weight excluding hydrogens is 261 g/mol. The summed E-state index contributed by atoms with van der Waals surface area (Å²) < 4.78 is 23.0.